The summed E-state index contributed by atoms with van der Waals surface area (Å²) < 4.78 is 0. The molecule has 1 aliphatic carbocycles. The Kier molecular flexibility index (Phi) is 6.06. The molecular formula is C15H26ClN3O3. The summed E-state index contributed by atoms with van der Waals surface area (Å²) in [6.45, 7) is 3.23. The third kappa shape index (κ3) is 4.12. The molecule has 0 aromatic carbocycles. The minimum Gasteiger partial charge on any atom is -0.391 e. The molecule has 2 amide bonds. The van der Waals surface area contributed by atoms with E-state index in [1.54, 1.807) is 0 Å². The van der Waals surface area contributed by atoms with E-state index in [0.29, 0.717) is 19.6 Å². The van der Waals surface area contributed by atoms with Crippen molar-refractivity contribution in [1.29, 1.82) is 0 Å². The van der Waals surface area contributed by atoms with Crippen LogP contribution in [0.3, 0.4) is 0 Å². The van der Waals surface area contributed by atoms with E-state index in [1.807, 2.05) is 4.90 Å². The largest absolute Gasteiger partial charge is 0.391 e. The molecule has 0 spiro atoms. The number of hydrogen-bond donors (Lipinski definition) is 3. The zero-order valence-electron chi connectivity index (χ0n) is 12.8. The lowest BCUT2D eigenvalue weighted by Gasteiger charge is -2.32. The molecule has 126 valence electrons. The molecule has 2 saturated heterocycles. The molecule has 2 heterocycles. The molecule has 0 aromatic rings. The Hall–Kier alpha value is -0.850. The van der Waals surface area contributed by atoms with Crippen LogP contribution in [-0.2, 0) is 9.59 Å². The Labute approximate surface area is 137 Å². The number of rotatable bonds is 4. The normalized spacial score (nSPS) is 31.5. The Morgan fingerprint density at radius 2 is 1.95 bits per heavy atom. The SMILES string of the molecule is Cl.O=C(NCC1CNCC1O)C1CCCN(C(=O)C2CC2)C1. The fourth-order valence-electron chi connectivity index (χ4n) is 3.28. The number of likely N-dealkylation sites (tertiary alicyclic amines) is 1. The number of β-amino-alcohol motifs (C(OH)–C–C–N with tert-alkyl or cyclic N) is 1. The summed E-state index contributed by atoms with van der Waals surface area (Å²) in [4.78, 5) is 26.2. The predicted octanol–water partition coefficient (Wildman–Crippen LogP) is -0.247. The highest BCUT2D eigenvalue weighted by atomic mass is 35.5. The van der Waals surface area contributed by atoms with Gasteiger partial charge in [-0.1, -0.05) is 0 Å². The Morgan fingerprint density at radius 3 is 2.59 bits per heavy atom. The number of aliphatic hydroxyl groups excluding tert-OH is 1. The molecule has 3 unspecified atom stereocenters. The third-order valence-electron chi connectivity index (χ3n) is 4.87. The van der Waals surface area contributed by atoms with Gasteiger partial charge < -0.3 is 20.6 Å². The maximum absolute atomic E-state index is 12.3. The first-order chi connectivity index (χ1) is 10.1. The van der Waals surface area contributed by atoms with Crippen LogP contribution in [0.1, 0.15) is 25.7 Å². The average Bonchev–Trinajstić information content (AvgIpc) is 3.27. The summed E-state index contributed by atoms with van der Waals surface area (Å²) in [6.07, 6.45) is 3.41. The van der Waals surface area contributed by atoms with Crippen molar-refractivity contribution in [2.45, 2.75) is 31.8 Å². The van der Waals surface area contributed by atoms with E-state index in [-0.39, 0.29) is 48.1 Å². The highest BCUT2D eigenvalue weighted by molar-refractivity contribution is 5.85. The van der Waals surface area contributed by atoms with Crippen LogP contribution in [0, 0.1) is 17.8 Å². The molecule has 22 heavy (non-hydrogen) atoms. The van der Waals surface area contributed by atoms with Crippen LogP contribution < -0.4 is 10.6 Å². The first-order valence-electron chi connectivity index (χ1n) is 8.10. The molecule has 7 heteroatoms. The Morgan fingerprint density at radius 1 is 1.18 bits per heavy atom. The van der Waals surface area contributed by atoms with Crippen LogP contribution in [0.5, 0.6) is 0 Å². The number of halogens is 1. The molecule has 2 aliphatic heterocycles. The summed E-state index contributed by atoms with van der Waals surface area (Å²) in [5, 5.41) is 15.8. The van der Waals surface area contributed by atoms with Gasteiger partial charge in [-0.2, -0.15) is 0 Å². The fraction of sp³-hybridized carbons (Fsp3) is 0.867. The summed E-state index contributed by atoms with van der Waals surface area (Å²) in [6, 6.07) is 0. The number of carbonyl (C=O) groups excluding carboxylic acids is 2. The summed E-state index contributed by atoms with van der Waals surface area (Å²) in [5.74, 6) is 0.506. The number of amides is 2. The van der Waals surface area contributed by atoms with Gasteiger partial charge in [-0.15, -0.1) is 12.4 Å². The number of hydrogen-bond acceptors (Lipinski definition) is 4. The molecular weight excluding hydrogens is 306 g/mol. The second-order valence-corrected chi connectivity index (χ2v) is 6.63. The van der Waals surface area contributed by atoms with Crippen molar-refractivity contribution in [1.82, 2.24) is 15.5 Å². The van der Waals surface area contributed by atoms with Crippen molar-refractivity contribution < 1.29 is 14.7 Å². The van der Waals surface area contributed by atoms with Crippen LogP contribution in [0.4, 0.5) is 0 Å². The fourth-order valence-corrected chi connectivity index (χ4v) is 3.28. The van der Waals surface area contributed by atoms with Crippen LogP contribution in [0.15, 0.2) is 0 Å². The first-order valence-corrected chi connectivity index (χ1v) is 8.10. The van der Waals surface area contributed by atoms with Gasteiger partial charge in [0.25, 0.3) is 0 Å². The number of nitrogens with zero attached hydrogens (tertiary/aromatic N) is 1. The van der Waals surface area contributed by atoms with Crippen molar-refractivity contribution in [3.63, 3.8) is 0 Å². The Balaban J connectivity index is 0.00000176. The lowest BCUT2D eigenvalue weighted by atomic mass is 9.96. The number of carbonyl (C=O) groups is 2. The third-order valence-corrected chi connectivity index (χ3v) is 4.87. The molecule has 3 rings (SSSR count). The topological polar surface area (TPSA) is 81.7 Å². The molecule has 3 atom stereocenters. The van der Waals surface area contributed by atoms with E-state index < -0.39 is 0 Å². The number of nitrogens with one attached hydrogen (secondary N) is 2. The smallest absolute Gasteiger partial charge is 0.225 e. The van der Waals surface area contributed by atoms with Crippen molar-refractivity contribution in [3.8, 4) is 0 Å². The zero-order chi connectivity index (χ0) is 14.8. The van der Waals surface area contributed by atoms with Gasteiger partial charge in [0.2, 0.25) is 11.8 Å². The van der Waals surface area contributed by atoms with Gasteiger partial charge in [0.15, 0.2) is 0 Å². The van der Waals surface area contributed by atoms with Crippen molar-refractivity contribution in [3.05, 3.63) is 0 Å². The summed E-state index contributed by atoms with van der Waals surface area (Å²) in [5.41, 5.74) is 0. The minimum absolute atomic E-state index is 0. The molecule has 0 radical (unpaired) electrons. The Bertz CT molecular complexity index is 417. The molecule has 3 aliphatic rings. The molecule has 1 saturated carbocycles. The molecule has 3 fully saturated rings. The van der Waals surface area contributed by atoms with Gasteiger partial charge in [-0.25, -0.2) is 0 Å². The van der Waals surface area contributed by atoms with E-state index in [4.69, 9.17) is 0 Å². The van der Waals surface area contributed by atoms with Crippen LogP contribution in [0.2, 0.25) is 0 Å². The van der Waals surface area contributed by atoms with Gasteiger partial charge in [-0.3, -0.25) is 9.59 Å². The molecule has 0 aromatic heterocycles. The first kappa shape index (κ1) is 17.5. The van der Waals surface area contributed by atoms with Gasteiger partial charge in [-0.05, 0) is 25.7 Å². The maximum atomic E-state index is 12.3. The second kappa shape index (κ2) is 7.62. The van der Waals surface area contributed by atoms with Crippen LogP contribution in [-0.4, -0.2) is 60.6 Å². The highest BCUT2D eigenvalue weighted by Gasteiger charge is 2.37. The van der Waals surface area contributed by atoms with Gasteiger partial charge in [0, 0.05) is 44.6 Å². The second-order valence-electron chi connectivity index (χ2n) is 6.63. The van der Waals surface area contributed by atoms with Gasteiger partial charge >= 0.3 is 0 Å². The quantitative estimate of drug-likeness (QED) is 0.664. The number of aliphatic hydroxyl groups is 1. The average molecular weight is 332 g/mol. The van der Waals surface area contributed by atoms with E-state index in [1.165, 1.54) is 0 Å². The van der Waals surface area contributed by atoms with E-state index >= 15 is 0 Å². The lowest BCUT2D eigenvalue weighted by molar-refractivity contribution is -0.136. The van der Waals surface area contributed by atoms with Crippen LogP contribution in [0.25, 0.3) is 0 Å². The zero-order valence-corrected chi connectivity index (χ0v) is 13.6. The van der Waals surface area contributed by atoms with Gasteiger partial charge in [0.05, 0.1) is 12.0 Å². The predicted molar refractivity (Wildman–Crippen MR) is 84.7 cm³/mol. The van der Waals surface area contributed by atoms with E-state index in [2.05, 4.69) is 10.6 Å². The lowest BCUT2D eigenvalue weighted by Crippen LogP contribution is -2.47. The van der Waals surface area contributed by atoms with E-state index in [0.717, 1.165) is 38.8 Å². The number of piperidine rings is 1. The van der Waals surface area contributed by atoms with Crippen molar-refractivity contribution in [2.24, 2.45) is 17.8 Å². The molecule has 6 nitrogen and oxygen atoms in total. The van der Waals surface area contributed by atoms with Crippen molar-refractivity contribution >= 4 is 24.2 Å². The van der Waals surface area contributed by atoms with E-state index in [9.17, 15) is 14.7 Å². The molecule has 3 N–H and O–H groups in total. The summed E-state index contributed by atoms with van der Waals surface area (Å²) >= 11 is 0. The molecule has 0 bridgehead atoms. The minimum atomic E-state index is -0.371. The van der Waals surface area contributed by atoms with Crippen molar-refractivity contribution in [2.75, 3.05) is 32.7 Å². The van der Waals surface area contributed by atoms with Gasteiger partial charge in [0.1, 0.15) is 0 Å². The van der Waals surface area contributed by atoms with Crippen LogP contribution >= 0.6 is 12.4 Å². The maximum Gasteiger partial charge on any atom is 0.225 e. The highest BCUT2D eigenvalue weighted by Crippen LogP contribution is 2.32. The summed E-state index contributed by atoms with van der Waals surface area (Å²) in [7, 11) is 0. The standard InChI is InChI=1S/C15H25N3O3.ClH/c19-13-8-16-6-12(13)7-17-14(20)11-2-1-5-18(9-11)15(21)10-3-4-10;/h10-13,16,19H,1-9H2,(H,17,20);1H. The monoisotopic (exact) mass is 331 g/mol.